The third kappa shape index (κ3) is 5.66. The van der Waals surface area contributed by atoms with Gasteiger partial charge in [-0.15, -0.1) is 11.3 Å². The number of nitrogens with zero attached hydrogens (tertiary/aromatic N) is 4. The van der Waals surface area contributed by atoms with E-state index in [1.807, 2.05) is 6.92 Å². The van der Waals surface area contributed by atoms with Gasteiger partial charge in [-0.05, 0) is 18.9 Å². The van der Waals surface area contributed by atoms with Gasteiger partial charge >= 0.3 is 11.7 Å². The molecule has 2 heterocycles. The highest BCUT2D eigenvalue weighted by Crippen LogP contribution is 2.34. The summed E-state index contributed by atoms with van der Waals surface area (Å²) in [5.41, 5.74) is 0.420. The fourth-order valence-corrected chi connectivity index (χ4v) is 3.89. The molecule has 0 bridgehead atoms. The monoisotopic (exact) mass is 451 g/mol. The fourth-order valence-electron chi connectivity index (χ4n) is 2.67. The molecule has 2 aromatic rings. The number of esters is 1. The van der Waals surface area contributed by atoms with Gasteiger partial charge in [-0.3, -0.25) is 24.4 Å². The second kappa shape index (κ2) is 10.2. The van der Waals surface area contributed by atoms with Gasteiger partial charge in [-0.25, -0.2) is 4.79 Å². The zero-order chi connectivity index (χ0) is 23.3. The lowest BCUT2D eigenvalue weighted by atomic mass is 10.1. The number of nitro groups is 1. The van der Waals surface area contributed by atoms with Crippen molar-refractivity contribution in [2.45, 2.75) is 33.7 Å². The molecular formula is C19H25N5O6S. The van der Waals surface area contributed by atoms with E-state index in [1.165, 1.54) is 15.8 Å². The van der Waals surface area contributed by atoms with Crippen molar-refractivity contribution < 1.29 is 24.0 Å². The molecule has 1 N–H and O–H groups in total. The van der Waals surface area contributed by atoms with Crippen molar-refractivity contribution in [1.29, 1.82) is 0 Å². The summed E-state index contributed by atoms with van der Waals surface area (Å²) in [4.78, 5) is 49.8. The van der Waals surface area contributed by atoms with Gasteiger partial charge < -0.3 is 15.0 Å². The number of rotatable bonds is 9. The lowest BCUT2D eigenvalue weighted by Crippen LogP contribution is -2.25. The number of carbonyl (C=O) groups is 3. The molecule has 0 saturated heterocycles. The Morgan fingerprint density at radius 1 is 1.39 bits per heavy atom. The third-order valence-corrected chi connectivity index (χ3v) is 5.56. The predicted molar refractivity (Wildman–Crippen MR) is 114 cm³/mol. The number of nitrogens with one attached hydrogen (secondary N) is 1. The Kier molecular flexibility index (Phi) is 7.86. The van der Waals surface area contributed by atoms with Crippen LogP contribution in [0.15, 0.2) is 12.4 Å². The van der Waals surface area contributed by atoms with Crippen LogP contribution >= 0.6 is 11.3 Å². The van der Waals surface area contributed by atoms with Crippen molar-refractivity contribution >= 4 is 39.8 Å². The second-order valence-electron chi connectivity index (χ2n) is 7.16. The maximum atomic E-state index is 12.7. The van der Waals surface area contributed by atoms with E-state index in [2.05, 4.69) is 10.4 Å². The Bertz CT molecular complexity index is 996. The van der Waals surface area contributed by atoms with E-state index in [-0.39, 0.29) is 35.3 Å². The normalized spacial score (nSPS) is 11.6. The zero-order valence-corrected chi connectivity index (χ0v) is 18.8. The standard InChI is InChI=1S/C19H25N5O6S/c1-6-7-30-19(27)14-12(3)15(18(26)22(4)5)31-17(14)21-16(25)11(2)9-23-10-13(8-20-23)24(28)29/h8,10-11H,6-7,9H2,1-5H3,(H,21,25). The Morgan fingerprint density at radius 3 is 2.61 bits per heavy atom. The number of hydrogen-bond donors (Lipinski definition) is 1. The number of ether oxygens (including phenoxy) is 1. The first-order valence-corrected chi connectivity index (χ1v) is 10.4. The molecule has 2 rings (SSSR count). The van der Waals surface area contributed by atoms with Crippen molar-refractivity contribution in [2.75, 3.05) is 26.0 Å². The average Bonchev–Trinajstić information content (AvgIpc) is 3.30. The zero-order valence-electron chi connectivity index (χ0n) is 18.0. The number of hydrogen-bond acceptors (Lipinski definition) is 8. The van der Waals surface area contributed by atoms with Gasteiger partial charge in [0.05, 0.1) is 34.4 Å². The van der Waals surface area contributed by atoms with E-state index in [1.54, 1.807) is 27.9 Å². The second-order valence-corrected chi connectivity index (χ2v) is 8.18. The summed E-state index contributed by atoms with van der Waals surface area (Å²) in [7, 11) is 3.19. The molecule has 0 radical (unpaired) electrons. The van der Waals surface area contributed by atoms with Crippen LogP contribution in [0.4, 0.5) is 10.7 Å². The van der Waals surface area contributed by atoms with Gasteiger partial charge in [0.15, 0.2) is 0 Å². The SMILES string of the molecule is CCCOC(=O)c1c(NC(=O)C(C)Cn2cc([N+](=O)[O-])cn2)sc(C(=O)N(C)C)c1C. The van der Waals surface area contributed by atoms with Crippen LogP contribution in [0.2, 0.25) is 0 Å². The first-order chi connectivity index (χ1) is 14.6. The predicted octanol–water partition coefficient (Wildman–Crippen LogP) is 2.70. The maximum Gasteiger partial charge on any atom is 0.341 e. The first kappa shape index (κ1) is 24.0. The lowest BCUT2D eigenvalue weighted by molar-refractivity contribution is -0.385. The number of anilines is 1. The topological polar surface area (TPSA) is 137 Å². The summed E-state index contributed by atoms with van der Waals surface area (Å²) in [6.07, 6.45) is 2.97. The van der Waals surface area contributed by atoms with Gasteiger partial charge in [-0.1, -0.05) is 13.8 Å². The molecule has 0 aliphatic carbocycles. The summed E-state index contributed by atoms with van der Waals surface area (Å²) < 4.78 is 6.53. The van der Waals surface area contributed by atoms with Gasteiger partial charge in [0.2, 0.25) is 5.91 Å². The number of thiophene rings is 1. The number of carbonyl (C=O) groups excluding carboxylic acids is 3. The van der Waals surface area contributed by atoms with Crippen LogP contribution in [-0.2, 0) is 16.1 Å². The van der Waals surface area contributed by atoms with Crippen molar-refractivity contribution in [3.05, 3.63) is 38.5 Å². The van der Waals surface area contributed by atoms with Crippen LogP contribution in [0.5, 0.6) is 0 Å². The van der Waals surface area contributed by atoms with Gasteiger partial charge in [0.25, 0.3) is 5.91 Å². The van der Waals surface area contributed by atoms with Gasteiger partial charge in [0.1, 0.15) is 17.4 Å². The van der Waals surface area contributed by atoms with Crippen molar-refractivity contribution in [3.8, 4) is 0 Å². The van der Waals surface area contributed by atoms with Crippen LogP contribution in [0.1, 0.15) is 45.9 Å². The molecule has 0 aromatic carbocycles. The molecule has 11 nitrogen and oxygen atoms in total. The largest absolute Gasteiger partial charge is 0.462 e. The molecule has 0 aliphatic heterocycles. The summed E-state index contributed by atoms with van der Waals surface area (Å²) in [6.45, 7) is 5.44. The molecule has 1 atom stereocenters. The Balaban J connectivity index is 2.27. The minimum Gasteiger partial charge on any atom is -0.462 e. The third-order valence-electron chi connectivity index (χ3n) is 4.36. The summed E-state index contributed by atoms with van der Waals surface area (Å²) in [6, 6.07) is 0. The Labute approximate surface area is 183 Å². The molecule has 12 heteroatoms. The van der Waals surface area contributed by atoms with E-state index in [0.29, 0.717) is 16.9 Å². The maximum absolute atomic E-state index is 12.7. The smallest absolute Gasteiger partial charge is 0.341 e. The van der Waals surface area contributed by atoms with Crippen molar-refractivity contribution in [2.24, 2.45) is 5.92 Å². The van der Waals surface area contributed by atoms with E-state index >= 15 is 0 Å². The van der Waals surface area contributed by atoms with E-state index < -0.39 is 22.7 Å². The molecule has 31 heavy (non-hydrogen) atoms. The minimum absolute atomic E-state index is 0.100. The van der Waals surface area contributed by atoms with Gasteiger partial charge in [-0.2, -0.15) is 5.10 Å². The highest BCUT2D eigenvalue weighted by molar-refractivity contribution is 7.18. The summed E-state index contributed by atoms with van der Waals surface area (Å²) in [5, 5.41) is 17.6. The fraction of sp³-hybridized carbons (Fsp3) is 0.474. The van der Waals surface area contributed by atoms with Crippen LogP contribution < -0.4 is 5.32 Å². The first-order valence-electron chi connectivity index (χ1n) is 9.56. The molecule has 0 spiro atoms. The number of aromatic nitrogens is 2. The molecule has 168 valence electrons. The van der Waals surface area contributed by atoms with Crippen molar-refractivity contribution in [3.63, 3.8) is 0 Å². The van der Waals surface area contributed by atoms with E-state index in [9.17, 15) is 24.5 Å². The molecule has 0 saturated carbocycles. The summed E-state index contributed by atoms with van der Waals surface area (Å²) in [5.74, 6) is -1.94. The molecule has 1 unspecified atom stereocenters. The van der Waals surface area contributed by atoms with Crippen LogP contribution in [0.25, 0.3) is 0 Å². The van der Waals surface area contributed by atoms with Crippen LogP contribution in [0.3, 0.4) is 0 Å². The minimum atomic E-state index is -0.616. The molecular weight excluding hydrogens is 426 g/mol. The van der Waals surface area contributed by atoms with Crippen molar-refractivity contribution in [1.82, 2.24) is 14.7 Å². The quantitative estimate of drug-likeness (QED) is 0.351. The Morgan fingerprint density at radius 2 is 2.06 bits per heavy atom. The highest BCUT2D eigenvalue weighted by atomic mass is 32.1. The number of amides is 2. The molecule has 2 amide bonds. The lowest BCUT2D eigenvalue weighted by Gasteiger charge is -2.12. The molecule has 0 fully saturated rings. The van der Waals surface area contributed by atoms with Gasteiger partial charge in [0, 0.05) is 14.1 Å². The summed E-state index contributed by atoms with van der Waals surface area (Å²) >= 11 is 1.01. The van der Waals surface area contributed by atoms with E-state index in [4.69, 9.17) is 4.74 Å². The van der Waals surface area contributed by atoms with Crippen LogP contribution in [-0.4, -0.2) is 58.1 Å². The molecule has 0 aliphatic rings. The highest BCUT2D eigenvalue weighted by Gasteiger charge is 2.28. The average molecular weight is 452 g/mol. The molecule has 2 aromatic heterocycles. The van der Waals surface area contributed by atoms with Crippen LogP contribution in [0, 0.1) is 23.0 Å². The van der Waals surface area contributed by atoms with E-state index in [0.717, 1.165) is 17.5 Å². The Hall–Kier alpha value is -3.28.